The Morgan fingerprint density at radius 2 is 2.04 bits per heavy atom. The van der Waals surface area contributed by atoms with Crippen molar-refractivity contribution < 1.29 is 23.8 Å². The molecule has 138 valence electrons. The summed E-state index contributed by atoms with van der Waals surface area (Å²) in [4.78, 5) is 23.1. The van der Waals surface area contributed by atoms with Gasteiger partial charge in [-0.05, 0) is 47.0 Å². The number of nitrogens with one attached hydrogen (secondary N) is 2. The quantitative estimate of drug-likeness (QED) is 0.275. The molecule has 0 aliphatic rings. The molecule has 0 saturated carbocycles. The molecule has 2 amide bonds. The Hall–Kier alpha value is -2.13. The summed E-state index contributed by atoms with van der Waals surface area (Å²) in [7, 11) is 3.10. The van der Waals surface area contributed by atoms with Gasteiger partial charge in [-0.1, -0.05) is 0 Å². The van der Waals surface area contributed by atoms with Crippen LogP contribution in [0.4, 0.5) is 0 Å². The topological polar surface area (TPSA) is 98.2 Å². The molecule has 0 aliphatic carbocycles. The number of hydrogen-bond acceptors (Lipinski definition) is 6. The molecular weight excluding hydrogens is 394 g/mol. The highest BCUT2D eigenvalue weighted by Crippen LogP contribution is 2.36. The van der Waals surface area contributed by atoms with E-state index in [1.54, 1.807) is 19.2 Å². The van der Waals surface area contributed by atoms with Crippen molar-refractivity contribution in [3.05, 3.63) is 22.2 Å². The average Bonchev–Trinajstić information content (AvgIpc) is 2.60. The Bertz CT molecular complexity index is 622. The van der Waals surface area contributed by atoms with E-state index in [1.165, 1.54) is 13.3 Å². The lowest BCUT2D eigenvalue weighted by atomic mass is 10.2. The number of benzene rings is 1. The zero-order chi connectivity index (χ0) is 18.7. The predicted octanol–water partition coefficient (Wildman–Crippen LogP) is 1.46. The van der Waals surface area contributed by atoms with Gasteiger partial charge >= 0.3 is 11.8 Å². The lowest BCUT2D eigenvalue weighted by molar-refractivity contribution is -0.139. The molecule has 0 unspecified atom stereocenters. The highest BCUT2D eigenvalue weighted by atomic mass is 79.9. The molecule has 25 heavy (non-hydrogen) atoms. The third kappa shape index (κ3) is 7.10. The Kier molecular flexibility index (Phi) is 9.56. The van der Waals surface area contributed by atoms with Crippen LogP contribution < -0.4 is 20.2 Å². The first-order valence-corrected chi connectivity index (χ1v) is 8.43. The summed E-state index contributed by atoms with van der Waals surface area (Å²) >= 11 is 3.40. The SMILES string of the molecule is CCOc1c(Br)cc(/C=N\NC(=O)C(=O)NCCCOC)cc1OC. The number of carbonyl (C=O) groups excluding carboxylic acids is 2. The zero-order valence-corrected chi connectivity index (χ0v) is 16.0. The van der Waals surface area contributed by atoms with Gasteiger partial charge in [0.15, 0.2) is 11.5 Å². The molecule has 9 heteroatoms. The van der Waals surface area contributed by atoms with Crippen LogP contribution in [0.2, 0.25) is 0 Å². The number of hydrogen-bond donors (Lipinski definition) is 2. The number of amides is 2. The fourth-order valence-electron chi connectivity index (χ4n) is 1.81. The Balaban J connectivity index is 2.62. The molecule has 0 bridgehead atoms. The van der Waals surface area contributed by atoms with E-state index in [0.717, 1.165) is 0 Å². The Labute approximate surface area is 155 Å². The van der Waals surface area contributed by atoms with Crippen LogP contribution in [0.15, 0.2) is 21.7 Å². The average molecular weight is 416 g/mol. The maximum atomic E-state index is 11.6. The molecule has 0 aliphatic heterocycles. The van der Waals surface area contributed by atoms with Crippen LogP contribution in [0.25, 0.3) is 0 Å². The summed E-state index contributed by atoms with van der Waals surface area (Å²) < 4.78 is 16.3. The number of halogens is 1. The van der Waals surface area contributed by atoms with E-state index >= 15 is 0 Å². The summed E-state index contributed by atoms with van der Waals surface area (Å²) in [6.07, 6.45) is 2.03. The molecule has 0 atom stereocenters. The second kappa shape index (κ2) is 11.4. The summed E-state index contributed by atoms with van der Waals surface area (Å²) in [6.45, 7) is 3.23. The maximum absolute atomic E-state index is 11.6. The summed E-state index contributed by atoms with van der Waals surface area (Å²) in [5.41, 5.74) is 2.83. The highest BCUT2D eigenvalue weighted by molar-refractivity contribution is 9.10. The number of nitrogens with zero attached hydrogens (tertiary/aromatic N) is 1. The third-order valence-electron chi connectivity index (χ3n) is 2.94. The zero-order valence-electron chi connectivity index (χ0n) is 14.4. The van der Waals surface area contributed by atoms with E-state index in [1.807, 2.05) is 6.92 Å². The Morgan fingerprint density at radius 1 is 1.28 bits per heavy atom. The summed E-state index contributed by atoms with van der Waals surface area (Å²) in [5, 5.41) is 6.24. The molecule has 0 heterocycles. The largest absolute Gasteiger partial charge is 0.493 e. The smallest absolute Gasteiger partial charge is 0.329 e. The number of rotatable bonds is 9. The summed E-state index contributed by atoms with van der Waals surface area (Å²) in [6, 6.07) is 3.46. The van der Waals surface area contributed by atoms with Crippen molar-refractivity contribution in [2.45, 2.75) is 13.3 Å². The van der Waals surface area contributed by atoms with Crippen molar-refractivity contribution in [2.24, 2.45) is 5.10 Å². The minimum Gasteiger partial charge on any atom is -0.493 e. The van der Waals surface area contributed by atoms with E-state index in [2.05, 4.69) is 31.8 Å². The highest BCUT2D eigenvalue weighted by Gasteiger charge is 2.12. The van der Waals surface area contributed by atoms with Crippen molar-refractivity contribution >= 4 is 34.0 Å². The molecule has 0 saturated heterocycles. The van der Waals surface area contributed by atoms with Gasteiger partial charge in [0.05, 0.1) is 24.4 Å². The van der Waals surface area contributed by atoms with Crippen molar-refractivity contribution in [3.8, 4) is 11.5 Å². The van der Waals surface area contributed by atoms with Gasteiger partial charge in [-0.25, -0.2) is 5.43 Å². The van der Waals surface area contributed by atoms with E-state index in [4.69, 9.17) is 14.2 Å². The minimum atomic E-state index is -0.842. The molecule has 1 aromatic carbocycles. The van der Waals surface area contributed by atoms with Gasteiger partial charge in [-0.15, -0.1) is 0 Å². The standard InChI is InChI=1S/C16H22BrN3O5/c1-4-25-14-12(17)8-11(9-13(14)24-3)10-19-20-16(22)15(21)18-6-5-7-23-2/h8-10H,4-7H2,1-3H3,(H,18,21)(H,20,22)/b19-10-. The first kappa shape index (κ1) is 20.9. The van der Waals surface area contributed by atoms with Crippen molar-refractivity contribution in [1.82, 2.24) is 10.7 Å². The Morgan fingerprint density at radius 3 is 2.68 bits per heavy atom. The second-order valence-corrected chi connectivity index (χ2v) is 5.62. The first-order valence-electron chi connectivity index (χ1n) is 7.64. The predicted molar refractivity (Wildman–Crippen MR) is 97.1 cm³/mol. The molecule has 0 spiro atoms. The van der Waals surface area contributed by atoms with Gasteiger partial charge in [-0.2, -0.15) is 5.10 Å². The molecule has 0 aromatic heterocycles. The fraction of sp³-hybridized carbons (Fsp3) is 0.438. The van der Waals surface area contributed by atoms with Crippen LogP contribution in [0.5, 0.6) is 11.5 Å². The lowest BCUT2D eigenvalue weighted by Crippen LogP contribution is -2.38. The minimum absolute atomic E-state index is 0.354. The van der Waals surface area contributed by atoms with Crippen molar-refractivity contribution in [2.75, 3.05) is 34.0 Å². The number of ether oxygens (including phenoxy) is 3. The van der Waals surface area contributed by atoms with E-state index in [0.29, 0.717) is 47.7 Å². The normalized spacial score (nSPS) is 10.6. The van der Waals surface area contributed by atoms with Gasteiger partial charge < -0.3 is 19.5 Å². The van der Waals surface area contributed by atoms with Crippen LogP contribution in [0, 0.1) is 0 Å². The van der Waals surface area contributed by atoms with Gasteiger partial charge in [-0.3, -0.25) is 9.59 Å². The molecule has 1 aromatic rings. The number of methoxy groups -OCH3 is 2. The summed E-state index contributed by atoms with van der Waals surface area (Å²) in [5.74, 6) is -0.481. The van der Waals surface area contributed by atoms with Gasteiger partial charge in [0.2, 0.25) is 0 Å². The van der Waals surface area contributed by atoms with E-state index < -0.39 is 11.8 Å². The number of carbonyl (C=O) groups is 2. The van der Waals surface area contributed by atoms with Crippen LogP contribution >= 0.6 is 15.9 Å². The monoisotopic (exact) mass is 415 g/mol. The molecule has 2 N–H and O–H groups in total. The van der Waals surface area contributed by atoms with Gasteiger partial charge in [0.25, 0.3) is 0 Å². The molecule has 0 fully saturated rings. The van der Waals surface area contributed by atoms with Gasteiger partial charge in [0.1, 0.15) is 0 Å². The van der Waals surface area contributed by atoms with Crippen LogP contribution in [0.1, 0.15) is 18.9 Å². The van der Waals surface area contributed by atoms with Crippen LogP contribution in [0.3, 0.4) is 0 Å². The van der Waals surface area contributed by atoms with Crippen LogP contribution in [-0.2, 0) is 14.3 Å². The first-order chi connectivity index (χ1) is 12.0. The third-order valence-corrected chi connectivity index (χ3v) is 3.53. The lowest BCUT2D eigenvalue weighted by Gasteiger charge is -2.11. The van der Waals surface area contributed by atoms with Crippen molar-refractivity contribution in [3.63, 3.8) is 0 Å². The van der Waals surface area contributed by atoms with Crippen molar-refractivity contribution in [1.29, 1.82) is 0 Å². The molecule has 8 nitrogen and oxygen atoms in total. The van der Waals surface area contributed by atoms with E-state index in [-0.39, 0.29) is 0 Å². The van der Waals surface area contributed by atoms with Crippen LogP contribution in [-0.4, -0.2) is 52.0 Å². The molecular formula is C16H22BrN3O5. The second-order valence-electron chi connectivity index (χ2n) is 4.77. The van der Waals surface area contributed by atoms with Gasteiger partial charge in [0, 0.05) is 20.3 Å². The van der Waals surface area contributed by atoms with E-state index in [9.17, 15) is 9.59 Å². The molecule has 1 rings (SSSR count). The molecule has 0 radical (unpaired) electrons. The number of hydrazone groups is 1. The maximum Gasteiger partial charge on any atom is 0.329 e. The fourth-order valence-corrected chi connectivity index (χ4v) is 2.39.